The second kappa shape index (κ2) is 16.4. The SMILES string of the molecule is CCCCCCCCCCCCCCCCC(OP(=O)(O)O)[C@@H]1C=C[C@H](n2cc(C)c(=O)[nH]c2=O)O1. The van der Waals surface area contributed by atoms with Crippen molar-refractivity contribution in [2.24, 2.45) is 0 Å². The van der Waals surface area contributed by atoms with Gasteiger partial charge in [0.05, 0.1) is 6.10 Å². The Bertz CT molecular complexity index is 952. The van der Waals surface area contributed by atoms with Gasteiger partial charge in [-0.1, -0.05) is 103 Å². The van der Waals surface area contributed by atoms with Gasteiger partial charge in [-0.3, -0.25) is 18.9 Å². The summed E-state index contributed by atoms with van der Waals surface area (Å²) in [6.07, 6.45) is 20.0. The molecule has 0 saturated heterocycles. The Morgan fingerprint density at radius 1 is 0.944 bits per heavy atom. The average Bonchev–Trinajstić information content (AvgIpc) is 3.30. The number of aromatic amines is 1. The van der Waals surface area contributed by atoms with E-state index < -0.39 is 37.5 Å². The second-order valence-corrected chi connectivity index (χ2v) is 11.1. The van der Waals surface area contributed by atoms with Gasteiger partial charge in [0, 0.05) is 11.8 Å². The van der Waals surface area contributed by atoms with Crippen molar-refractivity contribution in [2.75, 3.05) is 0 Å². The first kappa shape index (κ1) is 30.7. The van der Waals surface area contributed by atoms with Crippen LogP contribution in [0.1, 0.15) is 115 Å². The molecule has 0 amide bonds. The van der Waals surface area contributed by atoms with Crippen LogP contribution in [0.3, 0.4) is 0 Å². The minimum absolute atomic E-state index is 0.362. The molecule has 1 aromatic rings. The number of aromatic nitrogens is 2. The highest BCUT2D eigenvalue weighted by Gasteiger charge is 2.33. The third-order valence-electron chi connectivity index (χ3n) is 6.66. The molecule has 206 valence electrons. The second-order valence-electron chi connectivity index (χ2n) is 9.87. The van der Waals surface area contributed by atoms with Crippen LogP contribution in [0, 0.1) is 6.92 Å². The molecule has 0 bridgehead atoms. The fourth-order valence-electron chi connectivity index (χ4n) is 4.59. The normalized spacial score (nSPS) is 18.7. The first-order valence-electron chi connectivity index (χ1n) is 13.6. The molecule has 0 spiro atoms. The van der Waals surface area contributed by atoms with E-state index in [1.54, 1.807) is 19.1 Å². The molecule has 0 fully saturated rings. The van der Waals surface area contributed by atoms with Gasteiger partial charge in [-0.25, -0.2) is 9.36 Å². The van der Waals surface area contributed by atoms with Crippen molar-refractivity contribution >= 4 is 7.82 Å². The Morgan fingerprint density at radius 3 is 2.00 bits per heavy atom. The molecule has 2 heterocycles. The van der Waals surface area contributed by atoms with Crippen LogP contribution in [0.25, 0.3) is 0 Å². The lowest BCUT2D eigenvalue weighted by Gasteiger charge is -2.24. The highest BCUT2D eigenvalue weighted by atomic mass is 31.2. The fraction of sp³-hybridized carbons (Fsp3) is 0.769. The predicted octanol–water partition coefficient (Wildman–Crippen LogP) is 5.65. The quantitative estimate of drug-likeness (QED) is 0.120. The van der Waals surface area contributed by atoms with E-state index in [1.165, 1.54) is 75.0 Å². The smallest absolute Gasteiger partial charge is 0.344 e. The minimum Gasteiger partial charge on any atom is -0.344 e. The van der Waals surface area contributed by atoms with Crippen LogP contribution in [0.4, 0.5) is 0 Å². The molecule has 10 heteroatoms. The zero-order valence-electron chi connectivity index (χ0n) is 21.9. The highest BCUT2D eigenvalue weighted by molar-refractivity contribution is 7.46. The van der Waals surface area contributed by atoms with Crippen molar-refractivity contribution in [2.45, 2.75) is 129 Å². The Hall–Kier alpha value is -1.51. The summed E-state index contributed by atoms with van der Waals surface area (Å²) in [4.78, 5) is 44.7. The number of phosphoric acid groups is 1. The van der Waals surface area contributed by atoms with E-state index in [2.05, 4.69) is 11.9 Å². The lowest BCUT2D eigenvalue weighted by atomic mass is 10.0. The molecule has 0 aromatic carbocycles. The number of rotatable bonds is 19. The van der Waals surface area contributed by atoms with Crippen LogP contribution in [0.15, 0.2) is 27.9 Å². The topological polar surface area (TPSA) is 131 Å². The maximum absolute atomic E-state index is 12.1. The molecule has 3 N–H and O–H groups in total. The van der Waals surface area contributed by atoms with Gasteiger partial charge in [-0.15, -0.1) is 0 Å². The van der Waals surface area contributed by atoms with Gasteiger partial charge in [-0.05, 0) is 19.4 Å². The van der Waals surface area contributed by atoms with Crippen LogP contribution in [0.5, 0.6) is 0 Å². The molecule has 3 atom stereocenters. The van der Waals surface area contributed by atoms with Crippen molar-refractivity contribution in [3.63, 3.8) is 0 Å². The summed E-state index contributed by atoms with van der Waals surface area (Å²) in [6, 6.07) is 0. The first-order valence-corrected chi connectivity index (χ1v) is 15.1. The maximum atomic E-state index is 12.1. The standard InChI is InChI=1S/C26H45N2O7P/c1-3-4-5-6-7-8-9-10-11-12-13-14-15-16-17-23(35-36(31,32)33)22-18-19-24(34-22)28-20-21(2)25(29)27-26(28)30/h18-20,22-24H,3-17H2,1-2H3,(H,27,29,30)(H2,31,32,33)/t22-,23?,24+/m0/s1. The van der Waals surface area contributed by atoms with Gasteiger partial charge < -0.3 is 14.5 Å². The largest absolute Gasteiger partial charge is 0.469 e. The third-order valence-corrected chi connectivity index (χ3v) is 7.21. The maximum Gasteiger partial charge on any atom is 0.469 e. The van der Waals surface area contributed by atoms with Gasteiger partial charge in [0.2, 0.25) is 0 Å². The number of hydrogen-bond acceptors (Lipinski definition) is 5. The van der Waals surface area contributed by atoms with Gasteiger partial charge in [0.25, 0.3) is 5.56 Å². The molecule has 1 unspecified atom stereocenters. The van der Waals surface area contributed by atoms with Crippen LogP contribution >= 0.6 is 7.82 Å². The van der Waals surface area contributed by atoms with Crippen molar-refractivity contribution < 1.29 is 23.6 Å². The van der Waals surface area contributed by atoms with Crippen LogP contribution < -0.4 is 11.2 Å². The summed E-state index contributed by atoms with van der Waals surface area (Å²) in [5.74, 6) is 0. The number of nitrogens with zero attached hydrogens (tertiary/aromatic N) is 1. The van der Waals surface area contributed by atoms with Gasteiger partial charge in [-0.2, -0.15) is 0 Å². The number of unbranched alkanes of at least 4 members (excludes halogenated alkanes) is 13. The summed E-state index contributed by atoms with van der Waals surface area (Å²) in [6.45, 7) is 3.83. The molecular formula is C26H45N2O7P. The molecule has 1 aliphatic heterocycles. The van der Waals surface area contributed by atoms with E-state index in [4.69, 9.17) is 9.26 Å². The van der Waals surface area contributed by atoms with Crippen LogP contribution in [-0.4, -0.2) is 31.5 Å². The third kappa shape index (κ3) is 11.7. The average molecular weight is 529 g/mol. The number of ether oxygens (including phenoxy) is 1. The lowest BCUT2D eigenvalue weighted by Crippen LogP contribution is -2.35. The highest BCUT2D eigenvalue weighted by Crippen LogP contribution is 2.41. The molecule has 1 aromatic heterocycles. The number of phosphoric ester groups is 1. The molecule has 36 heavy (non-hydrogen) atoms. The molecule has 0 radical (unpaired) electrons. The van der Waals surface area contributed by atoms with Crippen molar-refractivity contribution in [3.8, 4) is 0 Å². The van der Waals surface area contributed by atoms with E-state index >= 15 is 0 Å². The van der Waals surface area contributed by atoms with Crippen molar-refractivity contribution in [3.05, 3.63) is 44.8 Å². The van der Waals surface area contributed by atoms with Crippen LogP contribution in [-0.2, 0) is 13.8 Å². The lowest BCUT2D eigenvalue weighted by molar-refractivity contribution is -0.0492. The monoisotopic (exact) mass is 528 g/mol. The Labute approximate surface area is 214 Å². The molecule has 2 rings (SSSR count). The van der Waals surface area contributed by atoms with E-state index in [1.807, 2.05) is 0 Å². The van der Waals surface area contributed by atoms with E-state index in [0.717, 1.165) is 25.7 Å². The Morgan fingerprint density at radius 2 is 1.47 bits per heavy atom. The molecule has 1 aliphatic rings. The summed E-state index contributed by atoms with van der Waals surface area (Å²) in [5, 5.41) is 0. The number of nitrogens with one attached hydrogen (secondary N) is 1. The summed E-state index contributed by atoms with van der Waals surface area (Å²) in [7, 11) is -4.71. The molecule has 0 aliphatic carbocycles. The Kier molecular flexibility index (Phi) is 14.0. The number of hydrogen-bond donors (Lipinski definition) is 3. The molecule has 0 saturated carbocycles. The van der Waals surface area contributed by atoms with Crippen molar-refractivity contribution in [1.82, 2.24) is 9.55 Å². The fourth-order valence-corrected chi connectivity index (χ4v) is 5.17. The van der Waals surface area contributed by atoms with Gasteiger partial charge in [0.15, 0.2) is 6.23 Å². The summed E-state index contributed by atoms with van der Waals surface area (Å²) >= 11 is 0. The zero-order valence-corrected chi connectivity index (χ0v) is 22.8. The summed E-state index contributed by atoms with van der Waals surface area (Å²) < 4.78 is 23.7. The van der Waals surface area contributed by atoms with E-state index in [-0.39, 0.29) is 0 Å². The predicted molar refractivity (Wildman–Crippen MR) is 141 cm³/mol. The van der Waals surface area contributed by atoms with Gasteiger partial charge >= 0.3 is 13.5 Å². The van der Waals surface area contributed by atoms with Crippen LogP contribution in [0.2, 0.25) is 0 Å². The summed E-state index contributed by atoms with van der Waals surface area (Å²) in [5.41, 5.74) is -0.712. The van der Waals surface area contributed by atoms with E-state index in [9.17, 15) is 23.9 Å². The molecular weight excluding hydrogens is 483 g/mol. The van der Waals surface area contributed by atoms with Gasteiger partial charge in [0.1, 0.15) is 6.10 Å². The zero-order chi connectivity index (χ0) is 26.4. The first-order chi connectivity index (χ1) is 17.2. The Balaban J connectivity index is 1.68. The molecule has 9 nitrogen and oxygen atoms in total. The number of aryl methyl sites for hydroxylation is 1. The number of H-pyrrole nitrogens is 1. The minimum atomic E-state index is -4.71. The van der Waals surface area contributed by atoms with E-state index in [0.29, 0.717) is 12.0 Å². The van der Waals surface area contributed by atoms with Crippen molar-refractivity contribution in [1.29, 1.82) is 0 Å².